The van der Waals surface area contributed by atoms with Gasteiger partial charge in [0.25, 0.3) is 0 Å². The van der Waals surface area contributed by atoms with E-state index in [1.165, 1.54) is 12.1 Å². The van der Waals surface area contributed by atoms with Crippen LogP contribution in [0.4, 0.5) is 4.39 Å². The molecule has 1 unspecified atom stereocenters. The maximum absolute atomic E-state index is 13.0. The van der Waals surface area contributed by atoms with E-state index in [0.29, 0.717) is 5.52 Å². The Kier molecular flexibility index (Phi) is 2.92. The Morgan fingerprint density at radius 3 is 2.94 bits per heavy atom. The zero-order valence-electron chi connectivity index (χ0n) is 9.57. The number of fused-ring (bicyclic) bond motifs is 1. The van der Waals surface area contributed by atoms with Gasteiger partial charge in [0.2, 0.25) is 0 Å². The Morgan fingerprint density at radius 2 is 2.25 bits per heavy atom. The highest BCUT2D eigenvalue weighted by Crippen LogP contribution is 2.21. The number of hydrogen-bond acceptors (Lipinski definition) is 2. The van der Waals surface area contributed by atoms with Crippen molar-refractivity contribution in [2.75, 3.05) is 0 Å². The number of nitrogens with two attached hydrogens (primary N) is 1. The molecule has 0 aliphatic rings. The summed E-state index contributed by atoms with van der Waals surface area (Å²) in [6.45, 7) is 2.09. The summed E-state index contributed by atoms with van der Waals surface area (Å²) >= 11 is 0. The molecule has 0 saturated carbocycles. The number of imidazole rings is 1. The monoisotopic (exact) mass is 221 g/mol. The molecule has 1 atom stereocenters. The van der Waals surface area contributed by atoms with Crippen molar-refractivity contribution in [1.82, 2.24) is 9.55 Å². The van der Waals surface area contributed by atoms with E-state index in [1.807, 2.05) is 11.6 Å². The molecule has 0 amide bonds. The van der Waals surface area contributed by atoms with Gasteiger partial charge in [-0.1, -0.05) is 13.3 Å². The second kappa shape index (κ2) is 4.22. The first-order chi connectivity index (χ1) is 7.63. The van der Waals surface area contributed by atoms with Crippen molar-refractivity contribution in [3.8, 4) is 0 Å². The van der Waals surface area contributed by atoms with Crippen LogP contribution in [0.1, 0.15) is 31.6 Å². The van der Waals surface area contributed by atoms with Crippen LogP contribution in [0, 0.1) is 5.82 Å². The van der Waals surface area contributed by atoms with Gasteiger partial charge >= 0.3 is 0 Å². The maximum atomic E-state index is 13.0. The fourth-order valence-corrected chi connectivity index (χ4v) is 1.96. The predicted molar refractivity (Wildman–Crippen MR) is 62.5 cm³/mol. The lowest BCUT2D eigenvalue weighted by Crippen LogP contribution is -2.14. The lowest BCUT2D eigenvalue weighted by molar-refractivity contribution is 0.584. The molecular formula is C12H16FN3. The molecule has 0 bridgehead atoms. The fourth-order valence-electron chi connectivity index (χ4n) is 1.96. The molecule has 3 nitrogen and oxygen atoms in total. The summed E-state index contributed by atoms with van der Waals surface area (Å²) in [5.74, 6) is 0.559. The highest BCUT2D eigenvalue weighted by Gasteiger charge is 2.14. The van der Waals surface area contributed by atoms with Crippen molar-refractivity contribution in [1.29, 1.82) is 0 Å². The summed E-state index contributed by atoms with van der Waals surface area (Å²) in [4.78, 5) is 4.39. The Morgan fingerprint density at radius 1 is 1.50 bits per heavy atom. The van der Waals surface area contributed by atoms with Crippen molar-refractivity contribution in [3.05, 3.63) is 29.8 Å². The van der Waals surface area contributed by atoms with Gasteiger partial charge < -0.3 is 10.3 Å². The van der Waals surface area contributed by atoms with Gasteiger partial charge in [0.1, 0.15) is 11.6 Å². The predicted octanol–water partition coefficient (Wildman–Crippen LogP) is 2.51. The van der Waals surface area contributed by atoms with Crippen molar-refractivity contribution in [2.24, 2.45) is 12.8 Å². The number of hydrogen-bond donors (Lipinski definition) is 1. The van der Waals surface area contributed by atoms with Crippen LogP contribution in [-0.4, -0.2) is 9.55 Å². The first-order valence-corrected chi connectivity index (χ1v) is 5.51. The Balaban J connectivity index is 2.51. The average Bonchev–Trinajstić information content (AvgIpc) is 2.56. The molecule has 1 aromatic carbocycles. The first kappa shape index (κ1) is 11.1. The minimum Gasteiger partial charge on any atom is -0.330 e. The van der Waals surface area contributed by atoms with Gasteiger partial charge in [-0.3, -0.25) is 0 Å². The van der Waals surface area contributed by atoms with E-state index in [1.54, 1.807) is 6.07 Å². The van der Waals surface area contributed by atoms with Crippen molar-refractivity contribution in [3.63, 3.8) is 0 Å². The molecular weight excluding hydrogens is 205 g/mol. The molecule has 0 aliphatic carbocycles. The van der Waals surface area contributed by atoms with Crippen LogP contribution in [0.15, 0.2) is 18.2 Å². The smallest absolute Gasteiger partial charge is 0.126 e. The van der Waals surface area contributed by atoms with Crippen LogP contribution in [0.3, 0.4) is 0 Å². The van der Waals surface area contributed by atoms with Gasteiger partial charge in [-0.05, 0) is 18.6 Å². The Bertz CT molecular complexity index is 504. The van der Waals surface area contributed by atoms with Crippen LogP contribution >= 0.6 is 0 Å². The van der Waals surface area contributed by atoms with E-state index in [2.05, 4.69) is 11.9 Å². The van der Waals surface area contributed by atoms with Crippen molar-refractivity contribution in [2.45, 2.75) is 25.8 Å². The molecule has 0 fully saturated rings. The van der Waals surface area contributed by atoms with Gasteiger partial charge in [-0.25, -0.2) is 9.37 Å². The van der Waals surface area contributed by atoms with Crippen LogP contribution in [0.25, 0.3) is 11.0 Å². The summed E-state index contributed by atoms with van der Waals surface area (Å²) in [5, 5.41) is 0. The molecule has 0 radical (unpaired) electrons. The van der Waals surface area contributed by atoms with Crippen LogP contribution in [-0.2, 0) is 7.05 Å². The molecule has 2 N–H and O–H groups in total. The fraction of sp³-hybridized carbons (Fsp3) is 0.417. The Hall–Kier alpha value is -1.42. The standard InChI is InChI=1S/C12H16FN3/c1-3-4-9(14)12-15-10-7-8(13)5-6-11(10)16(12)2/h5-7,9H,3-4,14H2,1-2H3. The van der Waals surface area contributed by atoms with Gasteiger partial charge in [-0.2, -0.15) is 0 Å². The molecule has 1 heterocycles. The van der Waals surface area contributed by atoms with E-state index < -0.39 is 0 Å². The number of halogens is 1. The SMILES string of the molecule is CCCC(N)c1nc2cc(F)ccc2n1C. The molecule has 2 rings (SSSR count). The van der Waals surface area contributed by atoms with E-state index in [4.69, 9.17) is 5.73 Å². The molecule has 86 valence electrons. The molecule has 2 aromatic rings. The van der Waals surface area contributed by atoms with Gasteiger partial charge in [-0.15, -0.1) is 0 Å². The first-order valence-electron chi connectivity index (χ1n) is 5.51. The summed E-state index contributed by atoms with van der Waals surface area (Å²) in [6, 6.07) is 4.54. The summed E-state index contributed by atoms with van der Waals surface area (Å²) in [5.41, 5.74) is 7.62. The Labute approximate surface area is 94.1 Å². The quantitative estimate of drug-likeness (QED) is 0.865. The third-order valence-corrected chi connectivity index (χ3v) is 2.81. The molecule has 0 aliphatic heterocycles. The maximum Gasteiger partial charge on any atom is 0.126 e. The number of rotatable bonds is 3. The van der Waals surface area contributed by atoms with E-state index >= 15 is 0 Å². The van der Waals surface area contributed by atoms with Crippen LogP contribution in [0.5, 0.6) is 0 Å². The molecule has 16 heavy (non-hydrogen) atoms. The minimum absolute atomic E-state index is 0.0783. The third-order valence-electron chi connectivity index (χ3n) is 2.81. The molecule has 0 saturated heterocycles. The van der Waals surface area contributed by atoms with Gasteiger partial charge in [0, 0.05) is 13.1 Å². The molecule has 4 heteroatoms. The lowest BCUT2D eigenvalue weighted by Gasteiger charge is -2.09. The second-order valence-corrected chi connectivity index (χ2v) is 4.06. The minimum atomic E-state index is -0.263. The third kappa shape index (κ3) is 1.80. The average molecular weight is 221 g/mol. The molecule has 1 aromatic heterocycles. The van der Waals surface area contributed by atoms with Crippen molar-refractivity contribution >= 4 is 11.0 Å². The summed E-state index contributed by atoms with van der Waals surface area (Å²) < 4.78 is 15.0. The number of aryl methyl sites for hydroxylation is 1. The van der Waals surface area contributed by atoms with E-state index in [-0.39, 0.29) is 11.9 Å². The van der Waals surface area contributed by atoms with Gasteiger partial charge in [0.05, 0.1) is 17.1 Å². The lowest BCUT2D eigenvalue weighted by atomic mass is 10.2. The topological polar surface area (TPSA) is 43.8 Å². The van der Waals surface area contributed by atoms with Crippen molar-refractivity contribution < 1.29 is 4.39 Å². The normalized spacial score (nSPS) is 13.2. The van der Waals surface area contributed by atoms with E-state index in [9.17, 15) is 4.39 Å². The van der Waals surface area contributed by atoms with E-state index in [0.717, 1.165) is 24.2 Å². The van der Waals surface area contributed by atoms with Crippen LogP contribution in [0.2, 0.25) is 0 Å². The summed E-state index contributed by atoms with van der Waals surface area (Å²) in [7, 11) is 1.91. The number of nitrogens with zero attached hydrogens (tertiary/aromatic N) is 2. The highest BCUT2D eigenvalue weighted by atomic mass is 19.1. The second-order valence-electron chi connectivity index (χ2n) is 4.06. The van der Waals surface area contributed by atoms with Gasteiger partial charge in [0.15, 0.2) is 0 Å². The van der Waals surface area contributed by atoms with Crippen LogP contribution < -0.4 is 5.73 Å². The number of aromatic nitrogens is 2. The largest absolute Gasteiger partial charge is 0.330 e. The zero-order chi connectivity index (χ0) is 11.7. The summed E-state index contributed by atoms with van der Waals surface area (Å²) in [6.07, 6.45) is 1.90. The molecule has 0 spiro atoms. The highest BCUT2D eigenvalue weighted by molar-refractivity contribution is 5.76. The number of benzene rings is 1. The zero-order valence-corrected chi connectivity index (χ0v) is 9.57.